The molecule has 1 atom stereocenters. The molecule has 18 heavy (non-hydrogen) atoms. The quantitative estimate of drug-likeness (QED) is 0.726. The molecule has 0 fully saturated rings. The zero-order valence-corrected chi connectivity index (χ0v) is 11.3. The van der Waals surface area contributed by atoms with Gasteiger partial charge < -0.3 is 15.4 Å². The fourth-order valence-electron chi connectivity index (χ4n) is 1.66. The van der Waals surface area contributed by atoms with Crippen molar-refractivity contribution in [1.82, 2.24) is 10.6 Å². The van der Waals surface area contributed by atoms with Gasteiger partial charge in [-0.1, -0.05) is 12.1 Å². The van der Waals surface area contributed by atoms with Crippen molar-refractivity contribution in [2.24, 2.45) is 0 Å². The van der Waals surface area contributed by atoms with Gasteiger partial charge in [-0.3, -0.25) is 4.79 Å². The van der Waals surface area contributed by atoms with Gasteiger partial charge in [-0.25, -0.2) is 0 Å². The first-order valence-corrected chi connectivity index (χ1v) is 6.34. The fraction of sp³-hybridized carbons (Fsp3) is 0.500. The molecular formula is C14H22N2O2. The van der Waals surface area contributed by atoms with Crippen molar-refractivity contribution in [3.05, 3.63) is 29.8 Å². The lowest BCUT2D eigenvalue weighted by Crippen LogP contribution is -2.31. The second-order valence-corrected chi connectivity index (χ2v) is 4.16. The zero-order chi connectivity index (χ0) is 13.4. The maximum Gasteiger partial charge on any atom is 0.216 e. The van der Waals surface area contributed by atoms with Crippen LogP contribution in [0.5, 0.6) is 5.75 Å². The van der Waals surface area contributed by atoms with E-state index in [-0.39, 0.29) is 11.9 Å². The highest BCUT2D eigenvalue weighted by atomic mass is 16.5. The molecule has 0 aromatic heterocycles. The molecule has 0 saturated heterocycles. The number of rotatable bonds is 7. The molecule has 0 aliphatic carbocycles. The Morgan fingerprint density at radius 3 is 2.50 bits per heavy atom. The molecule has 0 spiro atoms. The molecule has 2 N–H and O–H groups in total. The van der Waals surface area contributed by atoms with Crippen LogP contribution in [0.15, 0.2) is 24.3 Å². The van der Waals surface area contributed by atoms with E-state index in [4.69, 9.17) is 4.74 Å². The Morgan fingerprint density at radius 1 is 1.28 bits per heavy atom. The number of amides is 1. The molecule has 1 amide bonds. The van der Waals surface area contributed by atoms with E-state index in [0.29, 0.717) is 13.2 Å². The Balaban J connectivity index is 2.36. The van der Waals surface area contributed by atoms with Crippen molar-refractivity contribution in [2.75, 3.05) is 19.7 Å². The molecule has 0 bridgehead atoms. The lowest BCUT2D eigenvalue weighted by Gasteiger charge is -2.15. The molecule has 0 radical (unpaired) electrons. The van der Waals surface area contributed by atoms with Crippen LogP contribution in [0.25, 0.3) is 0 Å². The average Bonchev–Trinajstić information content (AvgIpc) is 2.35. The smallest absolute Gasteiger partial charge is 0.216 e. The van der Waals surface area contributed by atoms with Crippen LogP contribution in [0, 0.1) is 0 Å². The summed E-state index contributed by atoms with van der Waals surface area (Å²) in [7, 11) is 0. The van der Waals surface area contributed by atoms with Gasteiger partial charge in [0.2, 0.25) is 5.91 Å². The van der Waals surface area contributed by atoms with E-state index in [1.807, 2.05) is 19.1 Å². The molecule has 0 heterocycles. The highest BCUT2D eigenvalue weighted by Crippen LogP contribution is 2.17. The molecule has 1 rings (SSSR count). The van der Waals surface area contributed by atoms with Crippen LogP contribution in [0.3, 0.4) is 0 Å². The van der Waals surface area contributed by atoms with Gasteiger partial charge in [0.05, 0.1) is 6.61 Å². The standard InChI is InChI=1S/C14H22N2O2/c1-4-18-14-7-5-13(6-8-14)11(2)15-9-10-16-12(3)17/h5-8,11,15H,4,9-10H2,1-3H3,(H,16,17). The summed E-state index contributed by atoms with van der Waals surface area (Å²) in [5, 5.41) is 6.11. The van der Waals surface area contributed by atoms with Gasteiger partial charge in [0, 0.05) is 26.1 Å². The van der Waals surface area contributed by atoms with Crippen LogP contribution in [0.4, 0.5) is 0 Å². The molecule has 1 unspecified atom stereocenters. The molecule has 4 heteroatoms. The third-order valence-corrected chi connectivity index (χ3v) is 2.64. The number of hydrogen-bond donors (Lipinski definition) is 2. The van der Waals surface area contributed by atoms with E-state index < -0.39 is 0 Å². The van der Waals surface area contributed by atoms with Crippen molar-refractivity contribution < 1.29 is 9.53 Å². The van der Waals surface area contributed by atoms with Gasteiger partial charge in [-0.2, -0.15) is 0 Å². The highest BCUT2D eigenvalue weighted by molar-refractivity contribution is 5.72. The average molecular weight is 250 g/mol. The number of carbonyl (C=O) groups is 1. The normalized spacial score (nSPS) is 11.9. The Hall–Kier alpha value is -1.55. The maximum atomic E-state index is 10.7. The molecule has 100 valence electrons. The lowest BCUT2D eigenvalue weighted by molar-refractivity contribution is -0.118. The van der Waals surface area contributed by atoms with Crippen LogP contribution in [0.2, 0.25) is 0 Å². The molecular weight excluding hydrogens is 228 g/mol. The third-order valence-electron chi connectivity index (χ3n) is 2.64. The summed E-state index contributed by atoms with van der Waals surface area (Å²) < 4.78 is 5.40. The van der Waals surface area contributed by atoms with Crippen molar-refractivity contribution in [2.45, 2.75) is 26.8 Å². The minimum atomic E-state index is 0.00511. The molecule has 0 saturated carbocycles. The minimum Gasteiger partial charge on any atom is -0.494 e. The second-order valence-electron chi connectivity index (χ2n) is 4.16. The monoisotopic (exact) mass is 250 g/mol. The third kappa shape index (κ3) is 5.19. The van der Waals surface area contributed by atoms with E-state index in [1.54, 1.807) is 0 Å². The first-order valence-electron chi connectivity index (χ1n) is 6.34. The summed E-state index contributed by atoms with van der Waals surface area (Å²) in [5.41, 5.74) is 1.21. The van der Waals surface area contributed by atoms with E-state index in [2.05, 4.69) is 29.7 Å². The molecule has 0 aliphatic heterocycles. The van der Waals surface area contributed by atoms with Crippen molar-refractivity contribution in [1.29, 1.82) is 0 Å². The highest BCUT2D eigenvalue weighted by Gasteiger charge is 2.04. The first-order chi connectivity index (χ1) is 8.63. The zero-order valence-electron chi connectivity index (χ0n) is 11.3. The summed E-state index contributed by atoms with van der Waals surface area (Å²) in [6.45, 7) is 7.69. The van der Waals surface area contributed by atoms with Crippen LogP contribution < -0.4 is 15.4 Å². The van der Waals surface area contributed by atoms with E-state index in [0.717, 1.165) is 12.3 Å². The topological polar surface area (TPSA) is 50.4 Å². The number of nitrogens with one attached hydrogen (secondary N) is 2. The molecule has 1 aromatic carbocycles. The van der Waals surface area contributed by atoms with Crippen LogP contribution in [0.1, 0.15) is 32.4 Å². The number of ether oxygens (including phenoxy) is 1. The number of carbonyl (C=O) groups excluding carboxylic acids is 1. The molecule has 0 aliphatic rings. The minimum absolute atomic E-state index is 0.00511. The molecule has 1 aromatic rings. The summed E-state index contributed by atoms with van der Waals surface area (Å²) in [6, 6.07) is 8.33. The van der Waals surface area contributed by atoms with Crippen LogP contribution >= 0.6 is 0 Å². The molecule has 4 nitrogen and oxygen atoms in total. The van der Waals surface area contributed by atoms with Gasteiger partial charge in [-0.15, -0.1) is 0 Å². The van der Waals surface area contributed by atoms with Crippen LogP contribution in [-0.2, 0) is 4.79 Å². The summed E-state index contributed by atoms with van der Waals surface area (Å²) in [6.07, 6.45) is 0. The van der Waals surface area contributed by atoms with Gasteiger partial charge in [0.25, 0.3) is 0 Å². The Bertz CT molecular complexity index is 363. The van der Waals surface area contributed by atoms with Gasteiger partial charge in [0.1, 0.15) is 5.75 Å². The fourth-order valence-corrected chi connectivity index (χ4v) is 1.66. The Kier molecular flexibility index (Phi) is 6.22. The van der Waals surface area contributed by atoms with E-state index in [1.165, 1.54) is 12.5 Å². The maximum absolute atomic E-state index is 10.7. The van der Waals surface area contributed by atoms with Gasteiger partial charge in [-0.05, 0) is 31.5 Å². The van der Waals surface area contributed by atoms with Gasteiger partial charge >= 0.3 is 0 Å². The lowest BCUT2D eigenvalue weighted by atomic mass is 10.1. The summed E-state index contributed by atoms with van der Waals surface area (Å²) in [5.74, 6) is 0.900. The van der Waals surface area contributed by atoms with Gasteiger partial charge in [0.15, 0.2) is 0 Å². The van der Waals surface area contributed by atoms with E-state index >= 15 is 0 Å². The largest absolute Gasteiger partial charge is 0.494 e. The first kappa shape index (κ1) is 14.5. The van der Waals surface area contributed by atoms with Crippen LogP contribution in [-0.4, -0.2) is 25.6 Å². The Morgan fingerprint density at radius 2 is 1.94 bits per heavy atom. The Labute approximate surface area is 109 Å². The number of hydrogen-bond acceptors (Lipinski definition) is 3. The number of benzene rings is 1. The van der Waals surface area contributed by atoms with E-state index in [9.17, 15) is 4.79 Å². The predicted molar refractivity (Wildman–Crippen MR) is 72.7 cm³/mol. The summed E-state index contributed by atoms with van der Waals surface area (Å²) in [4.78, 5) is 10.7. The predicted octanol–water partition coefficient (Wildman–Crippen LogP) is 1.87. The summed E-state index contributed by atoms with van der Waals surface area (Å²) >= 11 is 0. The van der Waals surface area contributed by atoms with Crippen molar-refractivity contribution >= 4 is 5.91 Å². The van der Waals surface area contributed by atoms with Crippen molar-refractivity contribution in [3.8, 4) is 5.75 Å². The SMILES string of the molecule is CCOc1ccc(C(C)NCCNC(C)=O)cc1. The van der Waals surface area contributed by atoms with Crippen molar-refractivity contribution in [3.63, 3.8) is 0 Å². The second kappa shape index (κ2) is 7.71.